The SMILES string of the molecule is CC1NCCCC1C(=O)NC(C)C(C)(C)C. The van der Waals surface area contributed by atoms with Crippen LogP contribution in [0.4, 0.5) is 0 Å². The second-order valence-corrected chi connectivity index (χ2v) is 6.09. The third-order valence-corrected chi connectivity index (χ3v) is 3.76. The Balaban J connectivity index is 2.51. The van der Waals surface area contributed by atoms with E-state index in [9.17, 15) is 4.79 Å². The van der Waals surface area contributed by atoms with Crippen LogP contribution in [0, 0.1) is 11.3 Å². The van der Waals surface area contributed by atoms with E-state index in [2.05, 4.69) is 45.3 Å². The van der Waals surface area contributed by atoms with Crippen molar-refractivity contribution in [1.82, 2.24) is 10.6 Å². The van der Waals surface area contributed by atoms with E-state index in [-0.39, 0.29) is 23.3 Å². The second kappa shape index (κ2) is 5.17. The first-order valence-corrected chi connectivity index (χ1v) is 6.36. The third-order valence-electron chi connectivity index (χ3n) is 3.76. The summed E-state index contributed by atoms with van der Waals surface area (Å²) in [7, 11) is 0. The summed E-state index contributed by atoms with van der Waals surface area (Å²) in [6.45, 7) is 11.7. The van der Waals surface area contributed by atoms with Gasteiger partial charge in [-0.3, -0.25) is 4.79 Å². The lowest BCUT2D eigenvalue weighted by Gasteiger charge is -2.33. The van der Waals surface area contributed by atoms with Gasteiger partial charge >= 0.3 is 0 Å². The first-order valence-electron chi connectivity index (χ1n) is 6.36. The largest absolute Gasteiger partial charge is 0.353 e. The molecule has 3 nitrogen and oxygen atoms in total. The molecule has 16 heavy (non-hydrogen) atoms. The maximum atomic E-state index is 12.1. The third kappa shape index (κ3) is 3.48. The van der Waals surface area contributed by atoms with Gasteiger partial charge in [0.25, 0.3) is 0 Å². The van der Waals surface area contributed by atoms with Gasteiger partial charge in [-0.1, -0.05) is 20.8 Å². The van der Waals surface area contributed by atoms with E-state index in [4.69, 9.17) is 0 Å². The molecular formula is C13H26N2O. The van der Waals surface area contributed by atoms with Crippen molar-refractivity contribution in [3.05, 3.63) is 0 Å². The Morgan fingerprint density at radius 1 is 1.44 bits per heavy atom. The summed E-state index contributed by atoms with van der Waals surface area (Å²) >= 11 is 0. The summed E-state index contributed by atoms with van der Waals surface area (Å²) in [5, 5.41) is 6.51. The molecule has 0 aliphatic carbocycles. The van der Waals surface area contributed by atoms with Gasteiger partial charge in [0.1, 0.15) is 0 Å². The minimum atomic E-state index is 0.126. The van der Waals surface area contributed by atoms with Crippen LogP contribution in [0.3, 0.4) is 0 Å². The molecule has 0 aromatic carbocycles. The van der Waals surface area contributed by atoms with Gasteiger partial charge < -0.3 is 10.6 Å². The molecule has 1 aliphatic heterocycles. The van der Waals surface area contributed by atoms with Gasteiger partial charge in [-0.15, -0.1) is 0 Å². The topological polar surface area (TPSA) is 41.1 Å². The molecule has 1 fully saturated rings. The lowest BCUT2D eigenvalue weighted by Crippen LogP contribution is -2.50. The monoisotopic (exact) mass is 226 g/mol. The van der Waals surface area contributed by atoms with Crippen LogP contribution in [0.25, 0.3) is 0 Å². The van der Waals surface area contributed by atoms with Crippen molar-refractivity contribution in [3.8, 4) is 0 Å². The Morgan fingerprint density at radius 3 is 2.56 bits per heavy atom. The molecule has 0 aromatic heterocycles. The Bertz CT molecular complexity index is 245. The van der Waals surface area contributed by atoms with Gasteiger partial charge in [0.05, 0.1) is 5.92 Å². The maximum Gasteiger partial charge on any atom is 0.224 e. The van der Waals surface area contributed by atoms with Gasteiger partial charge in [-0.2, -0.15) is 0 Å². The van der Waals surface area contributed by atoms with Crippen molar-refractivity contribution in [3.63, 3.8) is 0 Å². The van der Waals surface area contributed by atoms with Gasteiger partial charge in [0.15, 0.2) is 0 Å². The molecule has 1 amide bonds. The molecule has 0 aromatic rings. The van der Waals surface area contributed by atoms with E-state index in [0.717, 1.165) is 19.4 Å². The fourth-order valence-electron chi connectivity index (χ4n) is 1.94. The number of hydrogen-bond acceptors (Lipinski definition) is 2. The van der Waals surface area contributed by atoms with Crippen LogP contribution in [0.15, 0.2) is 0 Å². The van der Waals surface area contributed by atoms with Crippen LogP contribution in [0.1, 0.15) is 47.5 Å². The van der Waals surface area contributed by atoms with Crippen LogP contribution in [0.2, 0.25) is 0 Å². The van der Waals surface area contributed by atoms with Gasteiger partial charge in [0.2, 0.25) is 5.91 Å². The summed E-state index contributed by atoms with van der Waals surface area (Å²) in [6, 6.07) is 0.523. The number of rotatable bonds is 2. The summed E-state index contributed by atoms with van der Waals surface area (Å²) < 4.78 is 0. The highest BCUT2D eigenvalue weighted by Crippen LogP contribution is 2.21. The summed E-state index contributed by atoms with van der Waals surface area (Å²) in [5.74, 6) is 0.348. The zero-order valence-corrected chi connectivity index (χ0v) is 11.3. The van der Waals surface area contributed by atoms with E-state index in [0.29, 0.717) is 6.04 Å². The van der Waals surface area contributed by atoms with Crippen LogP contribution in [-0.4, -0.2) is 24.5 Å². The minimum Gasteiger partial charge on any atom is -0.353 e. The Morgan fingerprint density at radius 2 is 2.06 bits per heavy atom. The molecule has 3 heteroatoms. The van der Waals surface area contributed by atoms with Crippen molar-refractivity contribution >= 4 is 5.91 Å². The quantitative estimate of drug-likeness (QED) is 0.755. The predicted molar refractivity (Wildman–Crippen MR) is 67.2 cm³/mol. The van der Waals surface area contributed by atoms with E-state index in [1.807, 2.05) is 0 Å². The van der Waals surface area contributed by atoms with Crippen LogP contribution in [0.5, 0.6) is 0 Å². The van der Waals surface area contributed by atoms with Crippen molar-refractivity contribution in [2.45, 2.75) is 59.5 Å². The molecular weight excluding hydrogens is 200 g/mol. The van der Waals surface area contributed by atoms with Crippen molar-refractivity contribution in [1.29, 1.82) is 0 Å². The Labute approximate surface area is 99.4 Å². The van der Waals surface area contributed by atoms with Crippen LogP contribution >= 0.6 is 0 Å². The molecule has 0 spiro atoms. The molecule has 0 saturated carbocycles. The normalized spacial score (nSPS) is 28.6. The minimum absolute atomic E-state index is 0.126. The highest BCUT2D eigenvalue weighted by atomic mass is 16.2. The van der Waals surface area contributed by atoms with E-state index in [1.165, 1.54) is 0 Å². The van der Waals surface area contributed by atoms with Crippen LogP contribution < -0.4 is 10.6 Å². The first-order chi connectivity index (χ1) is 7.32. The Hall–Kier alpha value is -0.570. The lowest BCUT2D eigenvalue weighted by molar-refractivity contribution is -0.127. The highest BCUT2D eigenvalue weighted by molar-refractivity contribution is 5.79. The van der Waals surface area contributed by atoms with E-state index >= 15 is 0 Å². The Kier molecular flexibility index (Phi) is 4.36. The number of piperidine rings is 1. The van der Waals surface area contributed by atoms with Crippen LogP contribution in [-0.2, 0) is 4.79 Å². The zero-order chi connectivity index (χ0) is 12.3. The second-order valence-electron chi connectivity index (χ2n) is 6.09. The first kappa shape index (κ1) is 13.5. The fraction of sp³-hybridized carbons (Fsp3) is 0.923. The summed E-state index contributed by atoms with van der Waals surface area (Å²) in [6.07, 6.45) is 2.11. The molecule has 1 heterocycles. The molecule has 94 valence electrons. The van der Waals surface area contributed by atoms with E-state index in [1.54, 1.807) is 0 Å². The highest BCUT2D eigenvalue weighted by Gasteiger charge is 2.30. The molecule has 1 aliphatic rings. The summed E-state index contributed by atoms with van der Waals surface area (Å²) in [5.41, 5.74) is 0.126. The number of hydrogen-bond donors (Lipinski definition) is 2. The number of amides is 1. The number of carbonyl (C=O) groups excluding carboxylic acids is 1. The molecule has 0 bridgehead atoms. The molecule has 1 saturated heterocycles. The van der Waals surface area contributed by atoms with Crippen molar-refractivity contribution in [2.75, 3.05) is 6.54 Å². The zero-order valence-electron chi connectivity index (χ0n) is 11.3. The molecule has 2 N–H and O–H groups in total. The van der Waals surface area contributed by atoms with Crippen molar-refractivity contribution in [2.24, 2.45) is 11.3 Å². The molecule has 3 unspecified atom stereocenters. The van der Waals surface area contributed by atoms with Gasteiger partial charge in [0, 0.05) is 12.1 Å². The predicted octanol–water partition coefficient (Wildman–Crippen LogP) is 1.93. The average Bonchev–Trinajstić information content (AvgIpc) is 2.16. The fourth-order valence-corrected chi connectivity index (χ4v) is 1.94. The summed E-state index contributed by atoms with van der Waals surface area (Å²) in [4.78, 5) is 12.1. The van der Waals surface area contributed by atoms with Gasteiger partial charge in [-0.25, -0.2) is 0 Å². The molecule has 0 radical (unpaired) electrons. The van der Waals surface area contributed by atoms with E-state index < -0.39 is 0 Å². The van der Waals surface area contributed by atoms with Crippen molar-refractivity contribution < 1.29 is 4.79 Å². The number of carbonyl (C=O) groups is 1. The average molecular weight is 226 g/mol. The molecule has 1 rings (SSSR count). The lowest BCUT2D eigenvalue weighted by atomic mass is 9.86. The smallest absolute Gasteiger partial charge is 0.224 e. The molecule has 3 atom stereocenters. The number of nitrogens with one attached hydrogen (secondary N) is 2. The standard InChI is InChI=1S/C13H26N2O/c1-9-11(7-6-8-14-9)12(16)15-10(2)13(3,4)5/h9-11,14H,6-8H2,1-5H3,(H,15,16). The maximum absolute atomic E-state index is 12.1. The van der Waals surface area contributed by atoms with Gasteiger partial charge in [-0.05, 0) is 38.6 Å².